The maximum absolute atomic E-state index is 12.4. The lowest BCUT2D eigenvalue weighted by atomic mass is 10.3. The van der Waals surface area contributed by atoms with E-state index in [9.17, 15) is 9.36 Å². The average molecular weight is 336 g/mol. The number of hydrogen-bond acceptors (Lipinski definition) is 5. The van der Waals surface area contributed by atoms with Crippen molar-refractivity contribution in [2.75, 3.05) is 7.11 Å². The topological polar surface area (TPSA) is 73.9 Å². The van der Waals surface area contributed by atoms with Crippen LogP contribution in [0.25, 0.3) is 0 Å². The quantitative estimate of drug-likeness (QED) is 0.608. The zero-order valence-corrected chi connectivity index (χ0v) is 14.0. The maximum Gasteiger partial charge on any atom is 0.459 e. The fourth-order valence-electron chi connectivity index (χ4n) is 1.37. The van der Waals surface area contributed by atoms with Crippen molar-refractivity contribution in [3.8, 4) is 5.75 Å². The second-order valence-electron chi connectivity index (χ2n) is 4.56. The zero-order chi connectivity index (χ0) is 16.0. The van der Waals surface area contributed by atoms with Gasteiger partial charge in [-0.1, -0.05) is 11.6 Å². The average Bonchev–Trinajstić information content (AvgIpc) is 2.40. The standard InChI is InChI=1S/C13H19ClNO5P/c1-9(2)19-13(16)10(3)15-21(17,18-4)20-12-7-5-11(14)6-8-12/h5-10H,1-4H3,(H,15,17)/t10-,21-/m0/s1. The van der Waals surface area contributed by atoms with Gasteiger partial charge in [0.25, 0.3) is 0 Å². The molecule has 0 aliphatic carbocycles. The largest absolute Gasteiger partial charge is 0.462 e. The highest BCUT2D eigenvalue weighted by Gasteiger charge is 2.31. The molecule has 8 heteroatoms. The summed E-state index contributed by atoms with van der Waals surface area (Å²) in [4.78, 5) is 11.7. The van der Waals surface area contributed by atoms with E-state index in [1.165, 1.54) is 14.0 Å². The highest BCUT2D eigenvalue weighted by atomic mass is 35.5. The molecule has 1 N–H and O–H groups in total. The van der Waals surface area contributed by atoms with Gasteiger partial charge in [-0.05, 0) is 45.0 Å². The Morgan fingerprint density at radius 3 is 2.29 bits per heavy atom. The molecule has 0 heterocycles. The summed E-state index contributed by atoms with van der Waals surface area (Å²) < 4.78 is 27.6. The van der Waals surface area contributed by atoms with Gasteiger partial charge in [0.15, 0.2) is 0 Å². The molecule has 2 atom stereocenters. The fourth-order valence-corrected chi connectivity index (χ4v) is 2.71. The van der Waals surface area contributed by atoms with Crippen LogP contribution in [0.1, 0.15) is 20.8 Å². The van der Waals surface area contributed by atoms with Gasteiger partial charge in [-0.3, -0.25) is 9.32 Å². The van der Waals surface area contributed by atoms with E-state index >= 15 is 0 Å². The van der Waals surface area contributed by atoms with Crippen LogP contribution in [0.15, 0.2) is 24.3 Å². The number of rotatable bonds is 7. The number of nitrogens with one attached hydrogen (secondary N) is 1. The minimum absolute atomic E-state index is 0.263. The van der Waals surface area contributed by atoms with E-state index < -0.39 is 19.8 Å². The maximum atomic E-state index is 12.4. The van der Waals surface area contributed by atoms with Crippen LogP contribution in [-0.4, -0.2) is 25.2 Å². The first-order valence-corrected chi connectivity index (χ1v) is 8.27. The van der Waals surface area contributed by atoms with Gasteiger partial charge in [0.05, 0.1) is 6.10 Å². The number of halogens is 1. The number of ether oxygens (including phenoxy) is 1. The van der Waals surface area contributed by atoms with Gasteiger partial charge < -0.3 is 9.26 Å². The van der Waals surface area contributed by atoms with E-state index in [0.29, 0.717) is 10.8 Å². The molecule has 0 saturated carbocycles. The third-order valence-corrected chi connectivity index (χ3v) is 4.22. The summed E-state index contributed by atoms with van der Waals surface area (Å²) in [5, 5.41) is 3.04. The second-order valence-corrected chi connectivity index (χ2v) is 6.80. The van der Waals surface area contributed by atoms with Crippen molar-refractivity contribution in [1.29, 1.82) is 0 Å². The molecule has 0 amide bonds. The first kappa shape index (κ1) is 18.0. The number of carbonyl (C=O) groups excluding carboxylic acids is 1. The smallest absolute Gasteiger partial charge is 0.459 e. The van der Waals surface area contributed by atoms with E-state index in [4.69, 9.17) is 25.4 Å². The molecule has 0 unspecified atom stereocenters. The summed E-state index contributed by atoms with van der Waals surface area (Å²) in [6, 6.07) is 5.44. The highest BCUT2D eigenvalue weighted by molar-refractivity contribution is 7.52. The number of hydrogen-bond donors (Lipinski definition) is 1. The third-order valence-electron chi connectivity index (χ3n) is 2.34. The first-order chi connectivity index (χ1) is 9.75. The lowest BCUT2D eigenvalue weighted by molar-refractivity contribution is -0.149. The van der Waals surface area contributed by atoms with Crippen LogP contribution in [-0.2, 0) is 18.6 Å². The van der Waals surface area contributed by atoms with Crippen molar-refractivity contribution >= 4 is 25.3 Å². The van der Waals surface area contributed by atoms with Crippen LogP contribution < -0.4 is 9.61 Å². The Hall–Kier alpha value is -1.07. The SMILES string of the molecule is CO[P@@](=O)(N[C@@H](C)C(=O)OC(C)C)Oc1ccc(Cl)cc1. The van der Waals surface area contributed by atoms with Crippen LogP contribution in [0.5, 0.6) is 5.75 Å². The van der Waals surface area contributed by atoms with E-state index in [1.807, 2.05) is 0 Å². The third kappa shape index (κ3) is 6.06. The van der Waals surface area contributed by atoms with E-state index in [0.717, 1.165) is 0 Å². The molecule has 0 aliphatic rings. The van der Waals surface area contributed by atoms with Crippen molar-refractivity contribution in [3.05, 3.63) is 29.3 Å². The molecule has 0 aliphatic heterocycles. The summed E-state index contributed by atoms with van der Waals surface area (Å²) in [5.41, 5.74) is 0. The Labute approximate surface area is 129 Å². The molecule has 0 aromatic heterocycles. The Balaban J connectivity index is 2.73. The zero-order valence-electron chi connectivity index (χ0n) is 12.3. The van der Waals surface area contributed by atoms with Crippen molar-refractivity contribution in [3.63, 3.8) is 0 Å². The Kier molecular flexibility index (Phi) is 6.68. The van der Waals surface area contributed by atoms with Gasteiger partial charge in [-0.2, -0.15) is 5.09 Å². The van der Waals surface area contributed by atoms with Crippen molar-refractivity contribution in [2.45, 2.75) is 32.9 Å². The van der Waals surface area contributed by atoms with Gasteiger partial charge >= 0.3 is 13.7 Å². The van der Waals surface area contributed by atoms with Crippen LogP contribution in [0, 0.1) is 0 Å². The van der Waals surface area contributed by atoms with Crippen LogP contribution >= 0.6 is 19.3 Å². The molecule has 21 heavy (non-hydrogen) atoms. The molecule has 0 bridgehead atoms. The highest BCUT2D eigenvalue weighted by Crippen LogP contribution is 2.44. The Morgan fingerprint density at radius 2 is 1.81 bits per heavy atom. The van der Waals surface area contributed by atoms with Gasteiger partial charge in [0, 0.05) is 12.1 Å². The second kappa shape index (κ2) is 7.80. The van der Waals surface area contributed by atoms with Crippen LogP contribution in [0.3, 0.4) is 0 Å². The monoisotopic (exact) mass is 335 g/mol. The Bertz CT molecular complexity index is 520. The molecule has 0 radical (unpaired) electrons. The van der Waals surface area contributed by atoms with E-state index in [-0.39, 0.29) is 6.10 Å². The van der Waals surface area contributed by atoms with Gasteiger partial charge in [-0.25, -0.2) is 4.57 Å². The molecular weight excluding hydrogens is 317 g/mol. The first-order valence-electron chi connectivity index (χ1n) is 6.35. The lowest BCUT2D eigenvalue weighted by Crippen LogP contribution is -2.36. The molecule has 1 aromatic carbocycles. The molecule has 0 spiro atoms. The molecular formula is C13H19ClNO5P. The molecule has 1 rings (SSSR count). The lowest BCUT2D eigenvalue weighted by Gasteiger charge is -2.21. The molecule has 1 aromatic rings. The van der Waals surface area contributed by atoms with Crippen LogP contribution in [0.4, 0.5) is 0 Å². The molecule has 0 fully saturated rings. The predicted molar refractivity (Wildman–Crippen MR) is 80.5 cm³/mol. The van der Waals surface area contributed by atoms with E-state index in [2.05, 4.69) is 5.09 Å². The minimum Gasteiger partial charge on any atom is -0.462 e. The van der Waals surface area contributed by atoms with Gasteiger partial charge in [-0.15, -0.1) is 0 Å². The summed E-state index contributed by atoms with van der Waals surface area (Å²) >= 11 is 5.76. The van der Waals surface area contributed by atoms with Crippen molar-refractivity contribution in [1.82, 2.24) is 5.09 Å². The molecule has 0 saturated heterocycles. The van der Waals surface area contributed by atoms with Crippen LogP contribution in [0.2, 0.25) is 5.02 Å². The minimum atomic E-state index is -3.68. The summed E-state index contributed by atoms with van der Waals surface area (Å²) in [5.74, 6) is -0.233. The Morgan fingerprint density at radius 1 is 1.24 bits per heavy atom. The van der Waals surface area contributed by atoms with Crippen molar-refractivity contribution < 1.29 is 23.1 Å². The van der Waals surface area contributed by atoms with Gasteiger partial charge in [0.1, 0.15) is 11.8 Å². The van der Waals surface area contributed by atoms with Gasteiger partial charge in [0.2, 0.25) is 0 Å². The summed E-state index contributed by atoms with van der Waals surface area (Å²) in [7, 11) is -2.46. The predicted octanol–water partition coefficient (Wildman–Crippen LogP) is 3.40. The molecule has 118 valence electrons. The number of esters is 1. The summed E-state index contributed by atoms with van der Waals surface area (Å²) in [6.45, 7) is 4.97. The normalized spacial score (nSPS) is 15.3. The summed E-state index contributed by atoms with van der Waals surface area (Å²) in [6.07, 6.45) is -0.263. The number of benzene rings is 1. The number of carbonyl (C=O) groups is 1. The van der Waals surface area contributed by atoms with Crippen molar-refractivity contribution in [2.24, 2.45) is 0 Å². The fraction of sp³-hybridized carbons (Fsp3) is 0.462. The van der Waals surface area contributed by atoms with E-state index in [1.54, 1.807) is 38.1 Å². The molecule has 6 nitrogen and oxygen atoms in total.